The van der Waals surface area contributed by atoms with Crippen LogP contribution in [0.15, 0.2) is 18.2 Å². The first-order chi connectivity index (χ1) is 9.27. The lowest BCUT2D eigenvalue weighted by atomic mass is 10.0. The molecule has 0 atom stereocenters. The van der Waals surface area contributed by atoms with Crippen LogP contribution in [-0.2, 0) is 6.42 Å². The van der Waals surface area contributed by atoms with Gasteiger partial charge in [-0.15, -0.1) is 0 Å². The Morgan fingerprint density at radius 1 is 1.05 bits per heavy atom. The predicted octanol–water partition coefficient (Wildman–Crippen LogP) is 5.37. The number of carbonyl (C=O) groups is 1. The van der Waals surface area contributed by atoms with Crippen LogP contribution in [0.25, 0.3) is 0 Å². The average molecular weight is 259 g/mol. The minimum Gasteiger partial charge on any atom is -0.294 e. The van der Waals surface area contributed by atoms with Crippen LogP contribution >= 0.6 is 0 Å². The molecule has 0 heterocycles. The quantitative estimate of drug-likeness (QED) is 0.407. The minimum atomic E-state index is 0.254. The molecule has 1 aromatic carbocycles. The van der Waals surface area contributed by atoms with Crippen molar-refractivity contribution in [2.24, 2.45) is 0 Å². The molecule has 0 aliphatic rings. The van der Waals surface area contributed by atoms with Crippen molar-refractivity contribution in [1.29, 1.82) is 0 Å². The van der Waals surface area contributed by atoms with Gasteiger partial charge in [-0.25, -0.2) is 0 Å². The Bertz CT molecular complexity index is 368. The third kappa shape index (κ3) is 6.56. The fourth-order valence-corrected chi connectivity index (χ4v) is 2.27. The summed E-state index contributed by atoms with van der Waals surface area (Å²) in [6.45, 7) is 4.35. The minimum absolute atomic E-state index is 0.254. The molecule has 0 fully saturated rings. The Kier molecular flexibility index (Phi) is 8.20. The molecular formula is C18H27O. The van der Waals surface area contributed by atoms with Crippen molar-refractivity contribution in [2.45, 2.75) is 71.6 Å². The number of Topliss-reactive ketones (excluding diaryl/α,β-unsaturated/α-hetero) is 1. The Morgan fingerprint density at radius 3 is 2.42 bits per heavy atom. The standard InChI is InChI=1S/C18H27O/c1-3-5-6-7-8-9-10-14-18(19)17-13-11-12-16(4-2)15-17/h11-12,15H,3-10,14H2,1-2H3. The molecule has 0 saturated heterocycles. The molecule has 105 valence electrons. The fourth-order valence-electron chi connectivity index (χ4n) is 2.27. The summed E-state index contributed by atoms with van der Waals surface area (Å²) in [4.78, 5) is 12.0. The zero-order chi connectivity index (χ0) is 13.9. The first-order valence-electron chi connectivity index (χ1n) is 7.81. The van der Waals surface area contributed by atoms with Gasteiger partial charge in [0.25, 0.3) is 0 Å². The summed E-state index contributed by atoms with van der Waals surface area (Å²) in [6, 6.07) is 8.96. The topological polar surface area (TPSA) is 17.1 Å². The van der Waals surface area contributed by atoms with Crippen LogP contribution in [0.2, 0.25) is 0 Å². The maximum Gasteiger partial charge on any atom is 0.163 e. The number of ketones is 1. The van der Waals surface area contributed by atoms with Gasteiger partial charge < -0.3 is 0 Å². The molecule has 0 spiro atoms. The molecule has 0 bridgehead atoms. The van der Waals surface area contributed by atoms with Gasteiger partial charge in [0.05, 0.1) is 0 Å². The largest absolute Gasteiger partial charge is 0.294 e. The van der Waals surface area contributed by atoms with Crippen molar-refractivity contribution in [3.8, 4) is 0 Å². The van der Waals surface area contributed by atoms with Crippen LogP contribution in [0, 0.1) is 6.07 Å². The lowest BCUT2D eigenvalue weighted by Gasteiger charge is -2.03. The van der Waals surface area contributed by atoms with Gasteiger partial charge >= 0.3 is 0 Å². The van der Waals surface area contributed by atoms with E-state index < -0.39 is 0 Å². The normalized spacial score (nSPS) is 10.6. The van der Waals surface area contributed by atoms with E-state index in [2.05, 4.69) is 19.9 Å². The molecule has 1 heteroatoms. The van der Waals surface area contributed by atoms with E-state index in [0.717, 1.165) is 18.4 Å². The molecule has 0 aromatic heterocycles. The first kappa shape index (κ1) is 15.9. The maximum absolute atomic E-state index is 12.0. The van der Waals surface area contributed by atoms with Crippen molar-refractivity contribution >= 4 is 5.78 Å². The number of hydrogen-bond acceptors (Lipinski definition) is 1. The molecule has 1 nitrogen and oxygen atoms in total. The Balaban J connectivity index is 2.20. The molecule has 0 amide bonds. The van der Waals surface area contributed by atoms with E-state index in [1.54, 1.807) is 0 Å². The molecular weight excluding hydrogens is 232 g/mol. The van der Waals surface area contributed by atoms with E-state index in [0.29, 0.717) is 6.42 Å². The Labute approximate surface area is 118 Å². The highest BCUT2D eigenvalue weighted by atomic mass is 16.1. The summed E-state index contributed by atoms with van der Waals surface area (Å²) in [5.74, 6) is 0.254. The average Bonchev–Trinajstić information content (AvgIpc) is 2.46. The summed E-state index contributed by atoms with van der Waals surface area (Å²) in [6.07, 6.45) is 10.4. The van der Waals surface area contributed by atoms with E-state index in [1.807, 2.05) is 18.2 Å². The summed E-state index contributed by atoms with van der Waals surface area (Å²) >= 11 is 0. The molecule has 0 unspecified atom stereocenters. The third-order valence-corrected chi connectivity index (χ3v) is 3.58. The third-order valence-electron chi connectivity index (χ3n) is 3.58. The summed E-state index contributed by atoms with van der Waals surface area (Å²) in [5.41, 5.74) is 1.99. The molecule has 0 N–H and O–H groups in total. The van der Waals surface area contributed by atoms with Crippen LogP contribution < -0.4 is 0 Å². The van der Waals surface area contributed by atoms with E-state index >= 15 is 0 Å². The van der Waals surface area contributed by atoms with Gasteiger partial charge in [0, 0.05) is 12.0 Å². The van der Waals surface area contributed by atoms with Crippen LogP contribution in [0.3, 0.4) is 0 Å². The number of unbranched alkanes of at least 4 members (excludes halogenated alkanes) is 6. The van der Waals surface area contributed by atoms with Crippen molar-refractivity contribution in [3.05, 3.63) is 35.4 Å². The van der Waals surface area contributed by atoms with Gasteiger partial charge in [0.1, 0.15) is 0 Å². The summed E-state index contributed by atoms with van der Waals surface area (Å²) in [5, 5.41) is 0. The first-order valence-corrected chi connectivity index (χ1v) is 7.81. The van der Waals surface area contributed by atoms with Crippen molar-refractivity contribution in [2.75, 3.05) is 0 Å². The Morgan fingerprint density at radius 2 is 1.74 bits per heavy atom. The van der Waals surface area contributed by atoms with Crippen molar-refractivity contribution < 1.29 is 4.79 Å². The molecule has 1 aromatic rings. The zero-order valence-electron chi connectivity index (χ0n) is 12.5. The van der Waals surface area contributed by atoms with Gasteiger partial charge in [-0.2, -0.15) is 0 Å². The van der Waals surface area contributed by atoms with Crippen LogP contribution in [0.4, 0.5) is 0 Å². The van der Waals surface area contributed by atoms with E-state index in [1.165, 1.54) is 44.1 Å². The number of aryl methyl sites for hydroxylation is 1. The van der Waals surface area contributed by atoms with Gasteiger partial charge in [0.15, 0.2) is 5.78 Å². The molecule has 1 radical (unpaired) electrons. The fraction of sp³-hybridized carbons (Fsp3) is 0.611. The molecule has 19 heavy (non-hydrogen) atoms. The van der Waals surface area contributed by atoms with E-state index in [-0.39, 0.29) is 5.78 Å². The summed E-state index contributed by atoms with van der Waals surface area (Å²) < 4.78 is 0. The number of benzene rings is 1. The second kappa shape index (κ2) is 9.77. The van der Waals surface area contributed by atoms with Crippen LogP contribution in [-0.4, -0.2) is 5.78 Å². The molecule has 0 aliphatic heterocycles. The molecule has 1 rings (SSSR count). The number of carbonyl (C=O) groups excluding carboxylic acids is 1. The number of hydrogen-bond donors (Lipinski definition) is 0. The monoisotopic (exact) mass is 259 g/mol. The molecule has 0 saturated carbocycles. The van der Waals surface area contributed by atoms with Crippen LogP contribution in [0.1, 0.15) is 81.1 Å². The van der Waals surface area contributed by atoms with Gasteiger partial charge in [0.2, 0.25) is 0 Å². The zero-order valence-corrected chi connectivity index (χ0v) is 12.5. The lowest BCUT2D eigenvalue weighted by Crippen LogP contribution is -2.00. The van der Waals surface area contributed by atoms with Crippen LogP contribution in [0.5, 0.6) is 0 Å². The predicted molar refractivity (Wildman–Crippen MR) is 81.6 cm³/mol. The SMILES string of the molecule is CCCCCCCCCC(=O)c1[c]ccc(CC)c1. The van der Waals surface area contributed by atoms with Crippen molar-refractivity contribution in [3.63, 3.8) is 0 Å². The highest BCUT2D eigenvalue weighted by Crippen LogP contribution is 2.12. The molecule has 0 aliphatic carbocycles. The van der Waals surface area contributed by atoms with Gasteiger partial charge in [-0.05, 0) is 30.5 Å². The highest BCUT2D eigenvalue weighted by Gasteiger charge is 2.06. The lowest BCUT2D eigenvalue weighted by molar-refractivity contribution is 0.0978. The highest BCUT2D eigenvalue weighted by molar-refractivity contribution is 5.95. The van der Waals surface area contributed by atoms with Gasteiger partial charge in [-0.1, -0.05) is 64.5 Å². The smallest absolute Gasteiger partial charge is 0.163 e. The van der Waals surface area contributed by atoms with E-state index in [4.69, 9.17) is 0 Å². The second-order valence-corrected chi connectivity index (χ2v) is 5.26. The Hall–Kier alpha value is -1.11. The van der Waals surface area contributed by atoms with Gasteiger partial charge in [-0.3, -0.25) is 4.79 Å². The number of rotatable bonds is 10. The second-order valence-electron chi connectivity index (χ2n) is 5.26. The van der Waals surface area contributed by atoms with Crippen molar-refractivity contribution in [1.82, 2.24) is 0 Å². The van der Waals surface area contributed by atoms with E-state index in [9.17, 15) is 4.79 Å². The maximum atomic E-state index is 12.0. The summed E-state index contributed by atoms with van der Waals surface area (Å²) in [7, 11) is 0.